The Kier molecular flexibility index (Phi) is 3.85. The maximum atomic E-state index is 12.9. The predicted octanol–water partition coefficient (Wildman–Crippen LogP) is 2.71. The zero-order valence-electron chi connectivity index (χ0n) is 14.9. The van der Waals surface area contributed by atoms with Crippen molar-refractivity contribution in [3.05, 3.63) is 54.4 Å². The van der Waals surface area contributed by atoms with Crippen molar-refractivity contribution in [1.29, 1.82) is 0 Å². The molecule has 1 aliphatic rings. The minimum Gasteiger partial charge on any atom is -0.342 e. The second-order valence-corrected chi connectivity index (χ2v) is 7.05. The molecule has 1 saturated heterocycles. The third kappa shape index (κ3) is 2.95. The molecule has 136 valence electrons. The Balaban J connectivity index is 1.33. The Hall–Kier alpha value is -3.22. The van der Waals surface area contributed by atoms with Gasteiger partial charge >= 0.3 is 0 Å². The quantitative estimate of drug-likeness (QED) is 0.609. The molecule has 7 nitrogen and oxygen atoms in total. The summed E-state index contributed by atoms with van der Waals surface area (Å²) in [4.78, 5) is 22.9. The number of piperidine rings is 1. The molecule has 0 radical (unpaired) electrons. The summed E-state index contributed by atoms with van der Waals surface area (Å²) < 4.78 is 1.68. The van der Waals surface area contributed by atoms with Gasteiger partial charge in [0, 0.05) is 19.0 Å². The largest absolute Gasteiger partial charge is 0.342 e. The summed E-state index contributed by atoms with van der Waals surface area (Å²) in [6.07, 6.45) is 2.02. The minimum atomic E-state index is 0.0754. The third-order valence-corrected chi connectivity index (χ3v) is 5.27. The van der Waals surface area contributed by atoms with Gasteiger partial charge in [0.1, 0.15) is 17.9 Å². The second kappa shape index (κ2) is 6.50. The number of hydrogen-bond donors (Lipinski definition) is 1. The summed E-state index contributed by atoms with van der Waals surface area (Å²) in [6.45, 7) is 1.68. The normalized spacial score (nSPS) is 17.6. The van der Waals surface area contributed by atoms with Crippen LogP contribution in [0.3, 0.4) is 0 Å². The average Bonchev–Trinajstić information content (AvgIpc) is 3.32. The summed E-state index contributed by atoms with van der Waals surface area (Å²) in [5, 5.41) is 8.27. The SMILES string of the molecule is O=C(Cn1nnc2ccccc21)N1CCCC(c2nc3ccccc3[nH]2)C1. The van der Waals surface area contributed by atoms with E-state index in [1.165, 1.54) is 0 Å². The van der Waals surface area contributed by atoms with Gasteiger partial charge in [-0.25, -0.2) is 9.67 Å². The van der Waals surface area contributed by atoms with Crippen LogP contribution in [0.15, 0.2) is 48.5 Å². The Morgan fingerprint density at radius 2 is 1.93 bits per heavy atom. The minimum absolute atomic E-state index is 0.0754. The number of para-hydroxylation sites is 3. The highest BCUT2D eigenvalue weighted by Gasteiger charge is 2.27. The van der Waals surface area contributed by atoms with Gasteiger partial charge in [0.05, 0.1) is 16.6 Å². The number of imidazole rings is 1. The van der Waals surface area contributed by atoms with E-state index in [2.05, 4.69) is 15.3 Å². The predicted molar refractivity (Wildman–Crippen MR) is 102 cm³/mol. The number of likely N-dealkylation sites (tertiary alicyclic amines) is 1. The number of amides is 1. The van der Waals surface area contributed by atoms with E-state index in [9.17, 15) is 4.79 Å². The van der Waals surface area contributed by atoms with Crippen molar-refractivity contribution < 1.29 is 4.79 Å². The highest BCUT2D eigenvalue weighted by atomic mass is 16.2. The fraction of sp³-hybridized carbons (Fsp3) is 0.300. The Morgan fingerprint density at radius 1 is 1.11 bits per heavy atom. The van der Waals surface area contributed by atoms with Crippen LogP contribution >= 0.6 is 0 Å². The third-order valence-electron chi connectivity index (χ3n) is 5.27. The lowest BCUT2D eigenvalue weighted by atomic mass is 9.97. The molecule has 27 heavy (non-hydrogen) atoms. The highest BCUT2D eigenvalue weighted by molar-refractivity contribution is 5.80. The molecule has 3 heterocycles. The molecule has 0 aliphatic carbocycles. The van der Waals surface area contributed by atoms with Gasteiger partial charge in [0.2, 0.25) is 5.91 Å². The lowest BCUT2D eigenvalue weighted by Gasteiger charge is -2.31. The van der Waals surface area contributed by atoms with Crippen LogP contribution in [0.4, 0.5) is 0 Å². The first-order valence-electron chi connectivity index (χ1n) is 9.28. The van der Waals surface area contributed by atoms with Crippen LogP contribution in [-0.2, 0) is 11.3 Å². The topological polar surface area (TPSA) is 79.7 Å². The molecule has 2 aromatic heterocycles. The Labute approximate surface area is 156 Å². The van der Waals surface area contributed by atoms with E-state index >= 15 is 0 Å². The van der Waals surface area contributed by atoms with Crippen LogP contribution in [0, 0.1) is 0 Å². The lowest BCUT2D eigenvalue weighted by Crippen LogP contribution is -2.41. The van der Waals surface area contributed by atoms with Crippen LogP contribution in [0.25, 0.3) is 22.1 Å². The number of aromatic amines is 1. The number of rotatable bonds is 3. The van der Waals surface area contributed by atoms with Gasteiger partial charge < -0.3 is 9.88 Å². The molecular weight excluding hydrogens is 340 g/mol. The van der Waals surface area contributed by atoms with Crippen LogP contribution < -0.4 is 0 Å². The smallest absolute Gasteiger partial charge is 0.244 e. The number of aromatic nitrogens is 5. The van der Waals surface area contributed by atoms with Crippen molar-refractivity contribution in [2.24, 2.45) is 0 Å². The Morgan fingerprint density at radius 3 is 2.81 bits per heavy atom. The lowest BCUT2D eigenvalue weighted by molar-refractivity contribution is -0.133. The zero-order chi connectivity index (χ0) is 18.2. The number of fused-ring (bicyclic) bond motifs is 2. The molecule has 1 atom stereocenters. The molecule has 0 bridgehead atoms. The number of nitrogens with one attached hydrogen (secondary N) is 1. The van der Waals surface area contributed by atoms with E-state index < -0.39 is 0 Å². The number of nitrogens with zero attached hydrogens (tertiary/aromatic N) is 5. The van der Waals surface area contributed by atoms with Crippen LogP contribution in [0.2, 0.25) is 0 Å². The van der Waals surface area contributed by atoms with Crippen molar-refractivity contribution in [1.82, 2.24) is 29.9 Å². The fourth-order valence-corrected chi connectivity index (χ4v) is 3.85. The number of benzene rings is 2. The maximum Gasteiger partial charge on any atom is 0.244 e. The van der Waals surface area contributed by atoms with Gasteiger partial charge in [0.25, 0.3) is 0 Å². The van der Waals surface area contributed by atoms with Gasteiger partial charge in [-0.1, -0.05) is 29.5 Å². The van der Waals surface area contributed by atoms with E-state index in [1.807, 2.05) is 53.4 Å². The second-order valence-electron chi connectivity index (χ2n) is 7.05. The first-order valence-corrected chi connectivity index (χ1v) is 9.28. The molecule has 4 aromatic rings. The number of hydrogen-bond acceptors (Lipinski definition) is 4. The highest BCUT2D eigenvalue weighted by Crippen LogP contribution is 2.27. The van der Waals surface area contributed by atoms with Crippen molar-refractivity contribution in [3.63, 3.8) is 0 Å². The summed E-state index contributed by atoms with van der Waals surface area (Å²) in [5.41, 5.74) is 3.72. The first-order chi connectivity index (χ1) is 13.3. The summed E-state index contributed by atoms with van der Waals surface area (Å²) in [6, 6.07) is 15.7. The van der Waals surface area contributed by atoms with Crippen molar-refractivity contribution in [3.8, 4) is 0 Å². The molecule has 0 saturated carbocycles. The summed E-state index contributed by atoms with van der Waals surface area (Å²) >= 11 is 0. The zero-order valence-corrected chi connectivity index (χ0v) is 14.9. The maximum absolute atomic E-state index is 12.9. The van der Waals surface area contributed by atoms with E-state index in [0.717, 1.165) is 47.3 Å². The summed E-state index contributed by atoms with van der Waals surface area (Å²) in [7, 11) is 0. The number of H-pyrrole nitrogens is 1. The number of carbonyl (C=O) groups is 1. The van der Waals surface area contributed by atoms with Crippen molar-refractivity contribution in [2.45, 2.75) is 25.3 Å². The molecule has 1 amide bonds. The molecule has 1 fully saturated rings. The molecule has 1 aliphatic heterocycles. The monoisotopic (exact) mass is 360 g/mol. The molecule has 1 N–H and O–H groups in total. The molecule has 1 unspecified atom stereocenters. The molecule has 0 spiro atoms. The van der Waals surface area contributed by atoms with E-state index in [0.29, 0.717) is 6.54 Å². The molecule has 5 rings (SSSR count). The van der Waals surface area contributed by atoms with Gasteiger partial charge in [0.15, 0.2) is 0 Å². The van der Waals surface area contributed by atoms with Gasteiger partial charge in [-0.3, -0.25) is 4.79 Å². The van der Waals surface area contributed by atoms with Gasteiger partial charge in [-0.15, -0.1) is 5.10 Å². The van der Waals surface area contributed by atoms with Crippen LogP contribution in [0.5, 0.6) is 0 Å². The standard InChI is InChI=1S/C20H20N6O/c27-19(13-26-18-10-4-3-9-17(18)23-24-26)25-11-5-6-14(12-25)20-21-15-7-1-2-8-16(15)22-20/h1-4,7-10,14H,5-6,11-13H2,(H,21,22). The fourth-order valence-electron chi connectivity index (χ4n) is 3.85. The van der Waals surface area contributed by atoms with Crippen molar-refractivity contribution >= 4 is 28.0 Å². The Bertz CT molecular complexity index is 1080. The molecule has 7 heteroatoms. The van der Waals surface area contributed by atoms with Crippen molar-refractivity contribution in [2.75, 3.05) is 13.1 Å². The summed E-state index contributed by atoms with van der Waals surface area (Å²) in [5.74, 6) is 1.29. The first kappa shape index (κ1) is 16.0. The van der Waals surface area contributed by atoms with E-state index in [4.69, 9.17) is 4.98 Å². The molecular formula is C20H20N6O. The van der Waals surface area contributed by atoms with Crippen LogP contribution in [0.1, 0.15) is 24.6 Å². The molecule has 2 aromatic carbocycles. The van der Waals surface area contributed by atoms with Gasteiger partial charge in [-0.2, -0.15) is 0 Å². The van der Waals surface area contributed by atoms with Crippen LogP contribution in [-0.4, -0.2) is 48.9 Å². The number of carbonyl (C=O) groups excluding carboxylic acids is 1. The van der Waals surface area contributed by atoms with E-state index in [1.54, 1.807) is 4.68 Å². The van der Waals surface area contributed by atoms with Gasteiger partial charge in [-0.05, 0) is 37.1 Å². The average molecular weight is 360 g/mol. The van der Waals surface area contributed by atoms with E-state index in [-0.39, 0.29) is 18.4 Å².